The lowest BCUT2D eigenvalue weighted by atomic mass is 10.0. The van der Waals surface area contributed by atoms with Crippen molar-refractivity contribution in [2.45, 2.75) is 25.3 Å². The molecule has 2 aliphatic heterocycles. The molecule has 0 radical (unpaired) electrons. The fourth-order valence-electron chi connectivity index (χ4n) is 2.03. The van der Waals surface area contributed by atoms with Crippen molar-refractivity contribution in [2.24, 2.45) is 0 Å². The highest BCUT2D eigenvalue weighted by Crippen LogP contribution is 2.30. The van der Waals surface area contributed by atoms with E-state index in [4.69, 9.17) is 10.7 Å². The number of aliphatic hydroxyl groups excluding tert-OH is 1. The summed E-state index contributed by atoms with van der Waals surface area (Å²) < 4.78 is 0. The molecule has 1 fully saturated rings. The lowest BCUT2D eigenvalue weighted by Crippen LogP contribution is -2.39. The molecule has 1 unspecified atom stereocenters. The third kappa shape index (κ3) is 1.00. The Kier molecular flexibility index (Phi) is 1.73. The van der Waals surface area contributed by atoms with Crippen LogP contribution in [0.3, 0.4) is 0 Å². The first-order valence-corrected chi connectivity index (χ1v) is 4.44. The van der Waals surface area contributed by atoms with Crippen LogP contribution in [-0.2, 0) is 0 Å². The minimum absolute atomic E-state index is 0.0871. The fraction of sp³-hybridized carbons (Fsp3) is 0.556. The normalized spacial score (nSPS) is 27.5. The van der Waals surface area contributed by atoms with E-state index in [2.05, 4.69) is 0 Å². The fourth-order valence-corrected chi connectivity index (χ4v) is 2.03. The molecule has 2 heterocycles. The van der Waals surface area contributed by atoms with Crippen molar-refractivity contribution in [3.63, 3.8) is 0 Å². The van der Waals surface area contributed by atoms with Crippen molar-refractivity contribution in [3.8, 4) is 6.07 Å². The van der Waals surface area contributed by atoms with Gasteiger partial charge in [-0.15, -0.1) is 0 Å². The van der Waals surface area contributed by atoms with Gasteiger partial charge in [0.1, 0.15) is 23.2 Å². The van der Waals surface area contributed by atoms with E-state index in [9.17, 15) is 5.11 Å². The van der Waals surface area contributed by atoms with E-state index in [1.165, 1.54) is 0 Å². The average Bonchev–Trinajstić information content (AvgIpc) is 2.41. The van der Waals surface area contributed by atoms with E-state index in [0.717, 1.165) is 25.8 Å². The first kappa shape index (κ1) is 8.11. The summed E-state index contributed by atoms with van der Waals surface area (Å²) in [5, 5.41) is 26.0. The molecular formula is C9H11N3O. The summed E-state index contributed by atoms with van der Waals surface area (Å²) in [6, 6.07) is 1.80. The molecule has 1 atom stereocenters. The molecular weight excluding hydrogens is 166 g/mol. The van der Waals surface area contributed by atoms with Crippen molar-refractivity contribution in [1.29, 1.82) is 10.7 Å². The van der Waals surface area contributed by atoms with Crippen LogP contribution in [0.4, 0.5) is 0 Å². The van der Waals surface area contributed by atoms with Crippen LogP contribution in [0.15, 0.2) is 11.3 Å². The third-order valence-corrected chi connectivity index (χ3v) is 2.71. The van der Waals surface area contributed by atoms with Gasteiger partial charge in [-0.25, -0.2) is 0 Å². The van der Waals surface area contributed by atoms with Crippen molar-refractivity contribution in [2.75, 3.05) is 6.54 Å². The maximum Gasteiger partial charge on any atom is 0.143 e. The molecule has 2 N–H and O–H groups in total. The van der Waals surface area contributed by atoms with Gasteiger partial charge < -0.3 is 10.0 Å². The summed E-state index contributed by atoms with van der Waals surface area (Å²) >= 11 is 0. The molecule has 0 aromatic carbocycles. The number of nitriles is 1. The van der Waals surface area contributed by atoms with Crippen LogP contribution >= 0.6 is 0 Å². The van der Waals surface area contributed by atoms with Gasteiger partial charge in [-0.05, 0) is 19.3 Å². The Balaban J connectivity index is 2.35. The minimum atomic E-state index is -0.0871. The van der Waals surface area contributed by atoms with E-state index in [0.29, 0.717) is 0 Å². The molecule has 0 bridgehead atoms. The van der Waals surface area contributed by atoms with Crippen LogP contribution in [0.2, 0.25) is 0 Å². The maximum atomic E-state index is 9.63. The van der Waals surface area contributed by atoms with Crippen LogP contribution < -0.4 is 0 Å². The monoisotopic (exact) mass is 177 g/mol. The van der Waals surface area contributed by atoms with Crippen molar-refractivity contribution in [3.05, 3.63) is 11.3 Å². The van der Waals surface area contributed by atoms with Gasteiger partial charge >= 0.3 is 0 Å². The number of hydrogen-bond donors (Lipinski definition) is 2. The van der Waals surface area contributed by atoms with Crippen LogP contribution in [0.25, 0.3) is 0 Å². The quantitative estimate of drug-likeness (QED) is 0.583. The van der Waals surface area contributed by atoms with Gasteiger partial charge in [0, 0.05) is 6.54 Å². The van der Waals surface area contributed by atoms with Crippen LogP contribution in [0.5, 0.6) is 0 Å². The number of nitrogens with zero attached hydrogens (tertiary/aromatic N) is 2. The van der Waals surface area contributed by atoms with E-state index < -0.39 is 0 Å². The molecule has 2 rings (SSSR count). The minimum Gasteiger partial charge on any atom is -0.509 e. The zero-order valence-corrected chi connectivity index (χ0v) is 7.25. The van der Waals surface area contributed by atoms with Gasteiger partial charge in [0.15, 0.2) is 0 Å². The number of fused-ring (bicyclic) bond motifs is 1. The predicted octanol–water partition coefficient (Wildman–Crippen LogP) is 1.17. The average molecular weight is 177 g/mol. The summed E-state index contributed by atoms with van der Waals surface area (Å²) in [6.45, 7) is 0.790. The maximum absolute atomic E-state index is 9.63. The second-order valence-electron chi connectivity index (χ2n) is 3.43. The predicted molar refractivity (Wildman–Crippen MR) is 47.3 cm³/mol. The summed E-state index contributed by atoms with van der Waals surface area (Å²) in [6.07, 6.45) is 2.97. The zero-order chi connectivity index (χ0) is 9.42. The van der Waals surface area contributed by atoms with E-state index in [1.54, 1.807) is 0 Å². The lowest BCUT2D eigenvalue weighted by Gasteiger charge is -2.30. The van der Waals surface area contributed by atoms with Crippen molar-refractivity contribution < 1.29 is 5.11 Å². The summed E-state index contributed by atoms with van der Waals surface area (Å²) in [5.74, 6) is 0.303. The molecule has 13 heavy (non-hydrogen) atoms. The van der Waals surface area contributed by atoms with Crippen LogP contribution in [-0.4, -0.2) is 28.4 Å². The smallest absolute Gasteiger partial charge is 0.143 e. The van der Waals surface area contributed by atoms with Gasteiger partial charge in [-0.3, -0.25) is 5.41 Å². The Labute approximate surface area is 76.6 Å². The molecule has 0 aliphatic carbocycles. The molecule has 0 aromatic rings. The topological polar surface area (TPSA) is 71.1 Å². The Morgan fingerprint density at radius 3 is 2.92 bits per heavy atom. The number of piperidine rings is 1. The Hall–Kier alpha value is -1.50. The van der Waals surface area contributed by atoms with Gasteiger partial charge in [-0.2, -0.15) is 5.26 Å². The molecule has 2 aliphatic rings. The number of aliphatic hydroxyl groups is 1. The van der Waals surface area contributed by atoms with Crippen molar-refractivity contribution >= 4 is 5.84 Å². The number of nitrogens with one attached hydrogen (secondary N) is 1. The molecule has 0 aromatic heterocycles. The Morgan fingerprint density at radius 1 is 1.54 bits per heavy atom. The highest BCUT2D eigenvalue weighted by molar-refractivity contribution is 6.02. The van der Waals surface area contributed by atoms with E-state index in [1.807, 2.05) is 11.0 Å². The first-order chi connectivity index (χ1) is 6.25. The van der Waals surface area contributed by atoms with E-state index in [-0.39, 0.29) is 23.2 Å². The number of hydrogen-bond acceptors (Lipinski definition) is 3. The van der Waals surface area contributed by atoms with Crippen LogP contribution in [0, 0.1) is 16.7 Å². The molecule has 4 heteroatoms. The molecule has 0 spiro atoms. The van der Waals surface area contributed by atoms with E-state index >= 15 is 0 Å². The standard InChI is InChI=1S/C9H11N3O/c10-5-6-8(13)7-3-1-2-4-12(7)9(6)11/h7,11,13H,1-4H2. The number of amidine groups is 1. The lowest BCUT2D eigenvalue weighted by molar-refractivity contribution is 0.223. The SMILES string of the molecule is N#CC1=C(O)C2CCCCN2C1=N. The second-order valence-corrected chi connectivity index (χ2v) is 3.43. The third-order valence-electron chi connectivity index (χ3n) is 2.71. The zero-order valence-electron chi connectivity index (χ0n) is 7.25. The number of rotatable bonds is 0. The van der Waals surface area contributed by atoms with Gasteiger partial charge in [0.25, 0.3) is 0 Å². The largest absolute Gasteiger partial charge is 0.509 e. The Bertz CT molecular complexity index is 326. The first-order valence-electron chi connectivity index (χ1n) is 4.44. The summed E-state index contributed by atoms with van der Waals surface area (Å²) in [4.78, 5) is 1.82. The molecule has 0 amide bonds. The summed E-state index contributed by atoms with van der Waals surface area (Å²) in [5.41, 5.74) is 0.159. The molecule has 68 valence electrons. The van der Waals surface area contributed by atoms with Crippen LogP contribution in [0.1, 0.15) is 19.3 Å². The summed E-state index contributed by atoms with van der Waals surface area (Å²) in [7, 11) is 0. The van der Waals surface area contributed by atoms with Crippen molar-refractivity contribution in [1.82, 2.24) is 4.90 Å². The molecule has 1 saturated heterocycles. The Morgan fingerprint density at radius 2 is 2.31 bits per heavy atom. The van der Waals surface area contributed by atoms with Gasteiger partial charge in [-0.1, -0.05) is 0 Å². The highest BCUT2D eigenvalue weighted by Gasteiger charge is 2.38. The molecule has 4 nitrogen and oxygen atoms in total. The van der Waals surface area contributed by atoms with Gasteiger partial charge in [0.05, 0.1) is 6.04 Å². The van der Waals surface area contributed by atoms with Gasteiger partial charge in [0.2, 0.25) is 0 Å². The highest BCUT2D eigenvalue weighted by atomic mass is 16.3. The molecule has 0 saturated carbocycles. The second kappa shape index (κ2) is 2.77.